The summed E-state index contributed by atoms with van der Waals surface area (Å²) in [5.74, 6) is 1.42. The van der Waals surface area contributed by atoms with Gasteiger partial charge in [0.1, 0.15) is 5.82 Å². The van der Waals surface area contributed by atoms with Gasteiger partial charge in [-0.2, -0.15) is 18.2 Å². The zero-order chi connectivity index (χ0) is 26.9. The summed E-state index contributed by atoms with van der Waals surface area (Å²) in [7, 11) is 3.85. The molecule has 0 spiro atoms. The maximum absolute atomic E-state index is 13.1. The topological polar surface area (TPSA) is 77.5 Å². The number of benzene rings is 2. The molecule has 11 heteroatoms. The van der Waals surface area contributed by atoms with Crippen molar-refractivity contribution in [1.82, 2.24) is 19.9 Å². The van der Waals surface area contributed by atoms with Crippen molar-refractivity contribution < 1.29 is 18.0 Å². The highest BCUT2D eigenvalue weighted by atomic mass is 19.4. The molecule has 1 fully saturated rings. The molecule has 0 radical (unpaired) electrons. The van der Waals surface area contributed by atoms with Crippen LogP contribution in [0.5, 0.6) is 0 Å². The molecule has 3 heterocycles. The van der Waals surface area contributed by atoms with Crippen molar-refractivity contribution in [1.29, 1.82) is 0 Å². The Morgan fingerprint density at radius 2 is 1.63 bits per heavy atom. The lowest BCUT2D eigenvalue weighted by Crippen LogP contribution is -2.49. The van der Waals surface area contributed by atoms with E-state index >= 15 is 0 Å². The molecule has 1 aliphatic heterocycles. The number of anilines is 4. The largest absolute Gasteiger partial charge is 0.416 e. The van der Waals surface area contributed by atoms with Gasteiger partial charge in [-0.3, -0.25) is 9.78 Å². The number of piperazine rings is 1. The number of halogens is 3. The standard InChI is InChI=1S/C27H26F3N7O/c1-35(2)24-10-12-32-26(34-24)37-15-13-36(14-16-37)25(38)18-3-6-20(7-4-18)33-22-9-11-31-23-17-19(27(28,29)30)5-8-21(22)23/h3-12,17H,13-16H2,1-2H3,(H,31,33). The van der Waals surface area contributed by atoms with E-state index in [1.54, 1.807) is 36.5 Å². The van der Waals surface area contributed by atoms with Crippen LogP contribution in [0.25, 0.3) is 10.9 Å². The molecule has 2 aromatic carbocycles. The van der Waals surface area contributed by atoms with Gasteiger partial charge in [-0.1, -0.05) is 6.07 Å². The van der Waals surface area contributed by atoms with Crippen LogP contribution in [0.3, 0.4) is 0 Å². The number of pyridine rings is 1. The number of carbonyl (C=O) groups is 1. The fourth-order valence-electron chi connectivity index (χ4n) is 4.32. The number of hydrogen-bond donors (Lipinski definition) is 1. The second-order valence-corrected chi connectivity index (χ2v) is 9.18. The number of nitrogens with one attached hydrogen (secondary N) is 1. The van der Waals surface area contributed by atoms with Crippen molar-refractivity contribution >= 4 is 40.0 Å². The number of hydrogen-bond acceptors (Lipinski definition) is 7. The van der Waals surface area contributed by atoms with E-state index < -0.39 is 11.7 Å². The zero-order valence-corrected chi connectivity index (χ0v) is 20.9. The number of nitrogens with zero attached hydrogens (tertiary/aromatic N) is 6. The summed E-state index contributed by atoms with van der Waals surface area (Å²) in [6, 6.07) is 14.1. The summed E-state index contributed by atoms with van der Waals surface area (Å²) in [5, 5.41) is 3.79. The van der Waals surface area contributed by atoms with Crippen LogP contribution in [0.15, 0.2) is 67.0 Å². The van der Waals surface area contributed by atoms with Gasteiger partial charge in [-0.15, -0.1) is 0 Å². The van der Waals surface area contributed by atoms with Gasteiger partial charge < -0.3 is 20.0 Å². The Kier molecular flexibility index (Phi) is 6.75. The molecule has 2 aromatic heterocycles. The lowest BCUT2D eigenvalue weighted by molar-refractivity contribution is -0.137. The molecule has 38 heavy (non-hydrogen) atoms. The quantitative estimate of drug-likeness (QED) is 0.404. The highest BCUT2D eigenvalue weighted by Gasteiger charge is 2.30. The van der Waals surface area contributed by atoms with Crippen LogP contribution in [0.1, 0.15) is 15.9 Å². The van der Waals surface area contributed by atoms with Crippen LogP contribution in [-0.4, -0.2) is 66.0 Å². The van der Waals surface area contributed by atoms with Crippen LogP contribution >= 0.6 is 0 Å². The second kappa shape index (κ2) is 10.2. The average Bonchev–Trinajstić information content (AvgIpc) is 2.92. The summed E-state index contributed by atoms with van der Waals surface area (Å²) in [6.45, 7) is 2.37. The van der Waals surface area contributed by atoms with Crippen molar-refractivity contribution in [2.75, 3.05) is 55.4 Å². The van der Waals surface area contributed by atoms with Crippen molar-refractivity contribution in [2.24, 2.45) is 0 Å². The first kappa shape index (κ1) is 25.2. The Morgan fingerprint density at radius 1 is 0.921 bits per heavy atom. The van der Waals surface area contributed by atoms with Crippen LogP contribution in [0, 0.1) is 0 Å². The Labute approximate surface area is 217 Å². The molecule has 0 unspecified atom stereocenters. The number of amides is 1. The first-order valence-electron chi connectivity index (χ1n) is 12.1. The van der Waals surface area contributed by atoms with E-state index in [9.17, 15) is 18.0 Å². The van der Waals surface area contributed by atoms with E-state index in [0.29, 0.717) is 54.5 Å². The van der Waals surface area contributed by atoms with Crippen LogP contribution < -0.4 is 15.1 Å². The fraction of sp³-hybridized carbons (Fsp3) is 0.259. The average molecular weight is 522 g/mol. The van der Waals surface area contributed by atoms with E-state index in [-0.39, 0.29) is 11.4 Å². The summed E-state index contributed by atoms with van der Waals surface area (Å²) in [6.07, 6.45) is -1.23. The molecule has 1 amide bonds. The highest BCUT2D eigenvalue weighted by Crippen LogP contribution is 2.33. The number of rotatable bonds is 5. The molecule has 0 bridgehead atoms. The molecular weight excluding hydrogens is 495 g/mol. The molecule has 1 aliphatic rings. The van der Waals surface area contributed by atoms with Gasteiger partial charge in [0, 0.05) is 75.0 Å². The minimum atomic E-state index is -4.43. The minimum Gasteiger partial charge on any atom is -0.363 e. The number of aromatic nitrogens is 3. The van der Waals surface area contributed by atoms with Gasteiger partial charge in [-0.25, -0.2) is 4.98 Å². The highest BCUT2D eigenvalue weighted by molar-refractivity contribution is 5.96. The maximum atomic E-state index is 13.1. The van der Waals surface area contributed by atoms with Crippen LogP contribution in [0.4, 0.5) is 36.3 Å². The molecule has 0 saturated carbocycles. The van der Waals surface area contributed by atoms with Gasteiger partial charge in [0.2, 0.25) is 5.95 Å². The second-order valence-electron chi connectivity index (χ2n) is 9.18. The smallest absolute Gasteiger partial charge is 0.363 e. The van der Waals surface area contributed by atoms with Gasteiger partial charge in [0.25, 0.3) is 5.91 Å². The molecule has 1 saturated heterocycles. The summed E-state index contributed by atoms with van der Waals surface area (Å²) in [4.78, 5) is 31.9. The van der Waals surface area contributed by atoms with E-state index in [4.69, 9.17) is 0 Å². The number of alkyl halides is 3. The van der Waals surface area contributed by atoms with Gasteiger partial charge in [0.05, 0.1) is 11.1 Å². The fourth-order valence-corrected chi connectivity index (χ4v) is 4.32. The monoisotopic (exact) mass is 521 g/mol. The molecule has 4 aromatic rings. The van der Waals surface area contributed by atoms with Crippen molar-refractivity contribution in [3.8, 4) is 0 Å². The molecule has 8 nitrogen and oxygen atoms in total. The van der Waals surface area contributed by atoms with Gasteiger partial charge in [-0.05, 0) is 48.5 Å². The Bertz CT molecular complexity index is 1450. The predicted molar refractivity (Wildman–Crippen MR) is 141 cm³/mol. The lowest BCUT2D eigenvalue weighted by atomic mass is 10.1. The zero-order valence-electron chi connectivity index (χ0n) is 20.9. The maximum Gasteiger partial charge on any atom is 0.416 e. The SMILES string of the molecule is CN(C)c1ccnc(N2CCN(C(=O)c3ccc(Nc4ccnc5cc(C(F)(F)F)ccc45)cc3)CC2)n1. The van der Waals surface area contributed by atoms with E-state index in [2.05, 4.69) is 25.2 Å². The summed E-state index contributed by atoms with van der Waals surface area (Å²) in [5.41, 5.74) is 1.39. The Hall–Kier alpha value is -4.41. The van der Waals surface area contributed by atoms with E-state index in [1.165, 1.54) is 12.3 Å². The molecular formula is C27H26F3N7O. The van der Waals surface area contributed by atoms with E-state index in [0.717, 1.165) is 18.0 Å². The predicted octanol–water partition coefficient (Wildman–Crippen LogP) is 4.82. The Morgan fingerprint density at radius 3 is 2.32 bits per heavy atom. The van der Waals surface area contributed by atoms with Crippen LogP contribution in [-0.2, 0) is 6.18 Å². The molecule has 196 valence electrons. The third-order valence-corrected chi connectivity index (χ3v) is 6.42. The number of carbonyl (C=O) groups excluding carboxylic acids is 1. The Balaban J connectivity index is 1.23. The third kappa shape index (κ3) is 5.31. The number of fused-ring (bicyclic) bond motifs is 1. The van der Waals surface area contributed by atoms with Crippen molar-refractivity contribution in [3.05, 3.63) is 78.1 Å². The molecule has 5 rings (SSSR count). The van der Waals surface area contributed by atoms with Crippen molar-refractivity contribution in [2.45, 2.75) is 6.18 Å². The summed E-state index contributed by atoms with van der Waals surface area (Å²) < 4.78 is 39.2. The van der Waals surface area contributed by atoms with Crippen LogP contribution in [0.2, 0.25) is 0 Å². The summed E-state index contributed by atoms with van der Waals surface area (Å²) >= 11 is 0. The van der Waals surface area contributed by atoms with Gasteiger partial charge >= 0.3 is 6.18 Å². The first-order chi connectivity index (χ1) is 18.2. The normalized spacial score (nSPS) is 14.0. The molecule has 0 atom stereocenters. The first-order valence-corrected chi connectivity index (χ1v) is 12.1. The van der Waals surface area contributed by atoms with Gasteiger partial charge in [0.15, 0.2) is 0 Å². The van der Waals surface area contributed by atoms with Crippen molar-refractivity contribution in [3.63, 3.8) is 0 Å². The molecule has 0 aliphatic carbocycles. The van der Waals surface area contributed by atoms with E-state index in [1.807, 2.05) is 30.0 Å². The lowest BCUT2D eigenvalue weighted by Gasteiger charge is -2.35. The third-order valence-electron chi connectivity index (χ3n) is 6.42. The molecule has 1 N–H and O–H groups in total. The minimum absolute atomic E-state index is 0.0619.